The molecule has 3 unspecified atom stereocenters. The fourth-order valence-electron chi connectivity index (χ4n) is 3.45. The molecule has 18 heavy (non-hydrogen) atoms. The summed E-state index contributed by atoms with van der Waals surface area (Å²) in [5.41, 5.74) is 1.54. The summed E-state index contributed by atoms with van der Waals surface area (Å²) in [4.78, 5) is 2.72. The summed E-state index contributed by atoms with van der Waals surface area (Å²) in [5, 5.41) is 3.78. The summed E-state index contributed by atoms with van der Waals surface area (Å²) in [5.74, 6) is 0.811. The molecule has 3 atom stereocenters. The van der Waals surface area contributed by atoms with Crippen LogP contribution >= 0.6 is 0 Å². The van der Waals surface area contributed by atoms with Gasteiger partial charge in [0.15, 0.2) is 0 Å². The molecule has 0 spiro atoms. The summed E-state index contributed by atoms with van der Waals surface area (Å²) < 4.78 is 0. The van der Waals surface area contributed by atoms with Gasteiger partial charge in [-0.3, -0.25) is 4.90 Å². The Morgan fingerprint density at radius 3 is 2.61 bits per heavy atom. The van der Waals surface area contributed by atoms with E-state index < -0.39 is 0 Å². The predicted octanol–water partition coefficient (Wildman–Crippen LogP) is 2.37. The fourth-order valence-corrected chi connectivity index (χ4v) is 3.45. The number of nitrogens with one attached hydrogen (secondary N) is 1. The lowest BCUT2D eigenvalue weighted by molar-refractivity contribution is 0.312. The van der Waals surface area contributed by atoms with Crippen LogP contribution in [0.25, 0.3) is 0 Å². The smallest absolute Gasteiger partial charge is 0.0209 e. The molecule has 1 heterocycles. The highest BCUT2D eigenvalue weighted by Gasteiger charge is 2.45. The van der Waals surface area contributed by atoms with Crippen LogP contribution in [0.15, 0.2) is 30.3 Å². The van der Waals surface area contributed by atoms with Gasteiger partial charge in [0.25, 0.3) is 0 Å². The Balaban J connectivity index is 1.33. The average molecular weight is 242 g/mol. The molecule has 2 heteroatoms. The van der Waals surface area contributed by atoms with E-state index in [0.717, 1.165) is 24.0 Å². The average Bonchev–Trinajstić information content (AvgIpc) is 3.31. The lowest BCUT2D eigenvalue weighted by atomic mass is 10.1. The zero-order chi connectivity index (χ0) is 11.9. The van der Waals surface area contributed by atoms with Crippen LogP contribution in [0.3, 0.4) is 0 Å². The van der Waals surface area contributed by atoms with Crippen molar-refractivity contribution in [2.45, 2.75) is 49.7 Å². The molecular formula is C16H22N2. The minimum atomic E-state index is 0.773. The maximum atomic E-state index is 3.78. The van der Waals surface area contributed by atoms with Gasteiger partial charge in [0, 0.05) is 37.1 Å². The fraction of sp³-hybridized carbons (Fsp3) is 0.625. The highest BCUT2D eigenvalue weighted by Crippen LogP contribution is 2.45. The molecule has 1 N–H and O–H groups in total. The lowest BCUT2D eigenvalue weighted by Gasteiger charge is -2.16. The third kappa shape index (κ3) is 2.19. The van der Waals surface area contributed by atoms with Crippen molar-refractivity contribution in [3.8, 4) is 0 Å². The second kappa shape index (κ2) is 4.36. The number of benzene rings is 1. The maximum absolute atomic E-state index is 3.78. The van der Waals surface area contributed by atoms with Gasteiger partial charge in [-0.1, -0.05) is 30.3 Å². The van der Waals surface area contributed by atoms with Gasteiger partial charge in [-0.05, 0) is 31.2 Å². The third-order valence-electron chi connectivity index (χ3n) is 4.72. The van der Waals surface area contributed by atoms with Gasteiger partial charge < -0.3 is 5.32 Å². The van der Waals surface area contributed by atoms with Crippen LogP contribution < -0.4 is 5.32 Å². The molecule has 0 aromatic heterocycles. The van der Waals surface area contributed by atoms with Crippen LogP contribution in [-0.2, 0) is 0 Å². The second-order valence-corrected chi connectivity index (χ2v) is 6.24. The van der Waals surface area contributed by atoms with Gasteiger partial charge in [0.1, 0.15) is 0 Å². The summed E-state index contributed by atoms with van der Waals surface area (Å²) in [7, 11) is 0. The number of hydrogen-bond donors (Lipinski definition) is 1. The number of nitrogens with zero attached hydrogens (tertiary/aromatic N) is 1. The van der Waals surface area contributed by atoms with Crippen molar-refractivity contribution >= 4 is 0 Å². The van der Waals surface area contributed by atoms with Crippen LogP contribution in [0, 0.1) is 0 Å². The molecule has 3 fully saturated rings. The van der Waals surface area contributed by atoms with Crippen LogP contribution in [0.4, 0.5) is 0 Å². The lowest BCUT2D eigenvalue weighted by Crippen LogP contribution is -2.34. The molecule has 0 radical (unpaired) electrons. The molecule has 96 valence electrons. The Kier molecular flexibility index (Phi) is 2.66. The number of rotatable bonds is 4. The quantitative estimate of drug-likeness (QED) is 0.872. The Hall–Kier alpha value is -0.860. The highest BCUT2D eigenvalue weighted by molar-refractivity contribution is 5.28. The molecule has 0 amide bonds. The maximum Gasteiger partial charge on any atom is 0.0209 e. The SMILES string of the molecule is c1ccc(C2CC2N2CCC(NC3CC3)C2)cc1. The summed E-state index contributed by atoms with van der Waals surface area (Å²) in [6, 6.07) is 13.5. The first-order chi connectivity index (χ1) is 8.90. The number of hydrogen-bond acceptors (Lipinski definition) is 2. The normalized spacial score (nSPS) is 35.9. The molecule has 2 aliphatic carbocycles. The monoisotopic (exact) mass is 242 g/mol. The zero-order valence-electron chi connectivity index (χ0n) is 10.9. The molecule has 1 aliphatic heterocycles. The highest BCUT2D eigenvalue weighted by atomic mass is 15.2. The van der Waals surface area contributed by atoms with Crippen LogP contribution in [-0.4, -0.2) is 36.1 Å². The molecule has 2 nitrogen and oxygen atoms in total. The minimum absolute atomic E-state index is 0.773. The van der Waals surface area contributed by atoms with E-state index in [1.54, 1.807) is 5.56 Å². The zero-order valence-corrected chi connectivity index (χ0v) is 10.9. The van der Waals surface area contributed by atoms with Crippen LogP contribution in [0.1, 0.15) is 37.2 Å². The van der Waals surface area contributed by atoms with Crippen molar-refractivity contribution in [2.24, 2.45) is 0 Å². The molecule has 1 aromatic carbocycles. The Labute approximate surface area is 109 Å². The van der Waals surface area contributed by atoms with Crippen molar-refractivity contribution in [3.63, 3.8) is 0 Å². The van der Waals surface area contributed by atoms with E-state index in [-0.39, 0.29) is 0 Å². The van der Waals surface area contributed by atoms with Crippen molar-refractivity contribution in [1.82, 2.24) is 10.2 Å². The molecule has 1 aromatic rings. The summed E-state index contributed by atoms with van der Waals surface area (Å²) in [6.45, 7) is 2.59. The van der Waals surface area contributed by atoms with E-state index in [0.29, 0.717) is 0 Å². The van der Waals surface area contributed by atoms with E-state index in [1.807, 2.05) is 0 Å². The largest absolute Gasteiger partial charge is 0.310 e. The molecular weight excluding hydrogens is 220 g/mol. The van der Waals surface area contributed by atoms with Crippen molar-refractivity contribution < 1.29 is 0 Å². The van der Waals surface area contributed by atoms with Gasteiger partial charge in [-0.25, -0.2) is 0 Å². The van der Waals surface area contributed by atoms with E-state index in [1.165, 1.54) is 38.8 Å². The first kappa shape index (κ1) is 11.0. The van der Waals surface area contributed by atoms with Crippen molar-refractivity contribution in [1.29, 1.82) is 0 Å². The first-order valence-corrected chi connectivity index (χ1v) is 7.45. The molecule has 0 bridgehead atoms. The van der Waals surface area contributed by atoms with E-state index in [9.17, 15) is 0 Å². The van der Waals surface area contributed by atoms with Gasteiger partial charge in [0.05, 0.1) is 0 Å². The van der Waals surface area contributed by atoms with Crippen LogP contribution in [0.5, 0.6) is 0 Å². The predicted molar refractivity (Wildman–Crippen MR) is 73.7 cm³/mol. The Morgan fingerprint density at radius 2 is 1.83 bits per heavy atom. The van der Waals surface area contributed by atoms with Gasteiger partial charge in [-0.15, -0.1) is 0 Å². The third-order valence-corrected chi connectivity index (χ3v) is 4.72. The van der Waals surface area contributed by atoms with E-state index in [4.69, 9.17) is 0 Å². The van der Waals surface area contributed by atoms with Crippen LogP contribution in [0.2, 0.25) is 0 Å². The summed E-state index contributed by atoms with van der Waals surface area (Å²) >= 11 is 0. The molecule has 2 saturated carbocycles. The van der Waals surface area contributed by atoms with E-state index >= 15 is 0 Å². The topological polar surface area (TPSA) is 15.3 Å². The first-order valence-electron chi connectivity index (χ1n) is 7.45. The second-order valence-electron chi connectivity index (χ2n) is 6.24. The summed E-state index contributed by atoms with van der Waals surface area (Å²) in [6.07, 6.45) is 5.55. The molecule has 3 aliphatic rings. The minimum Gasteiger partial charge on any atom is -0.310 e. The van der Waals surface area contributed by atoms with Gasteiger partial charge in [0.2, 0.25) is 0 Å². The number of likely N-dealkylation sites (tertiary alicyclic amines) is 1. The standard InChI is InChI=1S/C16H22N2/c1-2-4-12(5-3-1)15-10-16(15)18-9-8-14(11-18)17-13-6-7-13/h1-5,13-17H,6-11H2. The Morgan fingerprint density at radius 1 is 1.00 bits per heavy atom. The van der Waals surface area contributed by atoms with Gasteiger partial charge in [-0.2, -0.15) is 0 Å². The van der Waals surface area contributed by atoms with E-state index in [2.05, 4.69) is 40.5 Å². The molecule has 4 rings (SSSR count). The Bertz CT molecular complexity index is 412. The van der Waals surface area contributed by atoms with Gasteiger partial charge >= 0.3 is 0 Å². The van der Waals surface area contributed by atoms with Crippen molar-refractivity contribution in [2.75, 3.05) is 13.1 Å². The van der Waals surface area contributed by atoms with Crippen molar-refractivity contribution in [3.05, 3.63) is 35.9 Å². The molecule has 1 saturated heterocycles.